The van der Waals surface area contributed by atoms with Gasteiger partial charge in [-0.05, 0) is 97.8 Å². The lowest BCUT2D eigenvalue weighted by Gasteiger charge is -2.42. The predicted octanol–water partition coefficient (Wildman–Crippen LogP) is 4.46. The number of carbonyl (C=O) groups excluding carboxylic acids is 1. The number of piperazine rings is 1. The molecule has 0 aromatic carbocycles. The van der Waals surface area contributed by atoms with Crippen LogP contribution in [0.1, 0.15) is 97.5 Å². The van der Waals surface area contributed by atoms with Crippen LogP contribution in [0.2, 0.25) is 0 Å². The van der Waals surface area contributed by atoms with Gasteiger partial charge in [0.15, 0.2) is 0 Å². The molecule has 216 valence electrons. The molecule has 0 spiro atoms. The van der Waals surface area contributed by atoms with Gasteiger partial charge < -0.3 is 19.9 Å². The van der Waals surface area contributed by atoms with Crippen molar-refractivity contribution in [1.29, 1.82) is 0 Å². The van der Waals surface area contributed by atoms with Crippen molar-refractivity contribution in [3.8, 4) is 0 Å². The van der Waals surface area contributed by atoms with E-state index >= 15 is 0 Å². The van der Waals surface area contributed by atoms with Gasteiger partial charge >= 0.3 is 0 Å². The fourth-order valence-corrected chi connectivity index (χ4v) is 5.84. The highest BCUT2D eigenvalue weighted by Crippen LogP contribution is 2.34. The maximum atomic E-state index is 11.7. The molecule has 0 saturated carbocycles. The topological polar surface area (TPSA) is 73.8 Å². The molecule has 1 amide bonds. The Morgan fingerprint density at radius 1 is 1.05 bits per heavy atom. The second kappa shape index (κ2) is 15.7. The number of hydrogen-bond donors (Lipinski definition) is 1. The number of ether oxygens (including phenoxy) is 1. The number of nitrogens with one attached hydrogen (secondary N) is 1. The molecule has 1 aromatic heterocycles. The number of likely N-dealkylation sites (tertiary alicyclic amines) is 1. The summed E-state index contributed by atoms with van der Waals surface area (Å²) in [5, 5.41) is 2.94. The predicted molar refractivity (Wildman–Crippen MR) is 156 cm³/mol. The minimum absolute atomic E-state index is 0.0134. The average Bonchev–Trinajstić information content (AvgIpc) is 3.16. The van der Waals surface area contributed by atoms with Crippen molar-refractivity contribution in [2.75, 3.05) is 51.3 Å². The highest BCUT2D eigenvalue weighted by molar-refractivity contribution is 5.77. The maximum Gasteiger partial charge on any atom is 0.246 e. The molecule has 2 fully saturated rings. The molecule has 3 heterocycles. The molecule has 1 N–H and O–H groups in total. The van der Waals surface area contributed by atoms with Crippen molar-refractivity contribution in [3.05, 3.63) is 18.0 Å². The van der Waals surface area contributed by atoms with Crippen molar-refractivity contribution in [3.63, 3.8) is 0 Å². The Balaban J connectivity index is 1.32. The second-order valence-corrected chi connectivity index (χ2v) is 12.0. The maximum absolute atomic E-state index is 11.7. The summed E-state index contributed by atoms with van der Waals surface area (Å²) in [6.07, 6.45) is 13.6. The summed E-state index contributed by atoms with van der Waals surface area (Å²) in [6.45, 7) is 16.1. The average molecular weight is 531 g/mol. The number of amides is 1. The summed E-state index contributed by atoms with van der Waals surface area (Å²) in [6, 6.07) is 1.72. The number of unbranched alkanes of at least 4 members (excludes halogenated alkanes) is 3. The van der Waals surface area contributed by atoms with Gasteiger partial charge in [0.25, 0.3) is 0 Å². The van der Waals surface area contributed by atoms with Crippen molar-refractivity contribution < 1.29 is 9.53 Å². The SMILES string of the molecule is CCC(CCN(C)CCCCCCNC(=O)COC(C)C)c1cnc(N2C3CCC2CN(C(C)C)C3)nc1. The van der Waals surface area contributed by atoms with Crippen LogP contribution >= 0.6 is 0 Å². The quantitative estimate of drug-likeness (QED) is 0.298. The first kappa shape index (κ1) is 30.8. The first-order valence-corrected chi connectivity index (χ1v) is 15.2. The number of hydrogen-bond acceptors (Lipinski definition) is 7. The molecule has 3 unspecified atom stereocenters. The second-order valence-electron chi connectivity index (χ2n) is 12.0. The fraction of sp³-hybridized carbons (Fsp3) is 0.833. The van der Waals surface area contributed by atoms with Gasteiger partial charge in [-0.3, -0.25) is 9.69 Å². The molecule has 8 nitrogen and oxygen atoms in total. The summed E-state index contributed by atoms with van der Waals surface area (Å²) >= 11 is 0. The highest BCUT2D eigenvalue weighted by Gasteiger charge is 2.41. The van der Waals surface area contributed by atoms with Crippen molar-refractivity contribution in [1.82, 2.24) is 25.1 Å². The van der Waals surface area contributed by atoms with Crippen LogP contribution in [0.3, 0.4) is 0 Å². The highest BCUT2D eigenvalue weighted by atomic mass is 16.5. The molecule has 38 heavy (non-hydrogen) atoms. The van der Waals surface area contributed by atoms with E-state index in [9.17, 15) is 4.79 Å². The van der Waals surface area contributed by atoms with E-state index in [0.29, 0.717) is 24.0 Å². The van der Waals surface area contributed by atoms with E-state index in [1.54, 1.807) is 0 Å². The number of rotatable bonds is 17. The monoisotopic (exact) mass is 530 g/mol. The van der Waals surface area contributed by atoms with Gasteiger partial charge in [0.2, 0.25) is 11.9 Å². The zero-order valence-electron chi connectivity index (χ0n) is 25.0. The normalized spacial score (nSPS) is 20.6. The molecule has 2 saturated heterocycles. The molecule has 1 aromatic rings. The number of aromatic nitrogens is 2. The lowest BCUT2D eigenvalue weighted by atomic mass is 9.95. The summed E-state index contributed by atoms with van der Waals surface area (Å²) < 4.78 is 5.32. The Morgan fingerprint density at radius 3 is 2.32 bits per heavy atom. The standard InChI is InChI=1S/C30H54N6O2/c1-7-25(14-17-34(6)16-11-9-8-10-15-31-29(37)22-38-24(4)5)26-18-32-30(33-19-26)36-27-12-13-28(36)21-35(20-27)23(2)3/h18-19,23-25,27-28H,7-17,20-22H2,1-6H3,(H,31,37). The molecular formula is C30H54N6O2. The number of anilines is 1. The van der Waals surface area contributed by atoms with E-state index in [-0.39, 0.29) is 18.6 Å². The first-order valence-electron chi connectivity index (χ1n) is 15.2. The van der Waals surface area contributed by atoms with Gasteiger partial charge in [-0.2, -0.15) is 0 Å². The first-order chi connectivity index (χ1) is 18.3. The largest absolute Gasteiger partial charge is 0.369 e. The van der Waals surface area contributed by atoms with Crippen LogP contribution in [-0.2, 0) is 9.53 Å². The fourth-order valence-electron chi connectivity index (χ4n) is 5.84. The lowest BCUT2D eigenvalue weighted by molar-refractivity contribution is -0.127. The van der Waals surface area contributed by atoms with Crippen LogP contribution in [0.25, 0.3) is 0 Å². The van der Waals surface area contributed by atoms with Crippen LogP contribution in [0.4, 0.5) is 5.95 Å². The van der Waals surface area contributed by atoms with Crippen LogP contribution in [0.15, 0.2) is 12.4 Å². The molecule has 0 radical (unpaired) electrons. The zero-order chi connectivity index (χ0) is 27.5. The van der Waals surface area contributed by atoms with E-state index in [1.165, 1.54) is 31.2 Å². The Hall–Kier alpha value is -1.77. The van der Waals surface area contributed by atoms with Crippen LogP contribution < -0.4 is 10.2 Å². The molecule has 2 aliphatic rings. The van der Waals surface area contributed by atoms with E-state index < -0.39 is 0 Å². The molecule has 0 aliphatic carbocycles. The minimum Gasteiger partial charge on any atom is -0.369 e. The lowest BCUT2D eigenvalue weighted by Crippen LogP contribution is -2.56. The molecular weight excluding hydrogens is 476 g/mol. The van der Waals surface area contributed by atoms with Gasteiger partial charge in [0, 0.05) is 50.2 Å². The van der Waals surface area contributed by atoms with Gasteiger partial charge in [-0.25, -0.2) is 9.97 Å². The number of fused-ring (bicyclic) bond motifs is 2. The number of nitrogens with zero attached hydrogens (tertiary/aromatic N) is 5. The van der Waals surface area contributed by atoms with Crippen LogP contribution in [-0.4, -0.2) is 96.3 Å². The summed E-state index contributed by atoms with van der Waals surface area (Å²) in [5.41, 5.74) is 1.28. The molecule has 2 aliphatic heterocycles. The third-order valence-corrected chi connectivity index (χ3v) is 8.29. The van der Waals surface area contributed by atoms with Crippen molar-refractivity contribution in [2.24, 2.45) is 0 Å². The van der Waals surface area contributed by atoms with E-state index in [1.807, 2.05) is 13.8 Å². The molecule has 3 atom stereocenters. The Bertz CT molecular complexity index is 803. The molecule has 8 heteroatoms. The van der Waals surface area contributed by atoms with E-state index in [2.05, 4.69) is 60.2 Å². The van der Waals surface area contributed by atoms with E-state index in [0.717, 1.165) is 64.4 Å². The Labute approximate surface area is 231 Å². The van der Waals surface area contributed by atoms with Crippen molar-refractivity contribution >= 4 is 11.9 Å². The smallest absolute Gasteiger partial charge is 0.246 e. The van der Waals surface area contributed by atoms with E-state index in [4.69, 9.17) is 14.7 Å². The van der Waals surface area contributed by atoms with Gasteiger partial charge in [0.1, 0.15) is 6.61 Å². The van der Waals surface area contributed by atoms with Gasteiger partial charge in [-0.1, -0.05) is 19.8 Å². The molecule has 2 bridgehead atoms. The van der Waals surface area contributed by atoms with Crippen LogP contribution in [0.5, 0.6) is 0 Å². The zero-order valence-corrected chi connectivity index (χ0v) is 25.0. The summed E-state index contributed by atoms with van der Waals surface area (Å²) in [7, 11) is 2.23. The third kappa shape index (κ3) is 9.45. The molecule has 3 rings (SSSR count). The number of carbonyl (C=O) groups is 1. The summed E-state index contributed by atoms with van der Waals surface area (Å²) in [5.74, 6) is 1.42. The van der Waals surface area contributed by atoms with Gasteiger partial charge in [-0.15, -0.1) is 0 Å². The third-order valence-electron chi connectivity index (χ3n) is 8.29. The Morgan fingerprint density at radius 2 is 1.71 bits per heavy atom. The van der Waals surface area contributed by atoms with Crippen LogP contribution in [0, 0.1) is 0 Å². The Kier molecular flexibility index (Phi) is 12.7. The van der Waals surface area contributed by atoms with Crippen molar-refractivity contribution in [2.45, 2.75) is 116 Å². The van der Waals surface area contributed by atoms with Gasteiger partial charge in [0.05, 0.1) is 6.10 Å². The summed E-state index contributed by atoms with van der Waals surface area (Å²) in [4.78, 5) is 29.0. The minimum atomic E-state index is -0.0134.